The summed E-state index contributed by atoms with van der Waals surface area (Å²) in [4.78, 5) is 46.0. The number of benzene rings is 1. The molecular weight excluding hydrogens is 535 g/mol. The Bertz CT molecular complexity index is 1450. The van der Waals surface area contributed by atoms with Crippen molar-refractivity contribution >= 4 is 29.3 Å². The number of fused-ring (bicyclic) bond motifs is 2. The molecule has 2 amide bonds. The van der Waals surface area contributed by atoms with Crippen LogP contribution in [0.2, 0.25) is 0 Å². The van der Waals surface area contributed by atoms with Crippen LogP contribution in [0.4, 0.5) is 21.8 Å². The van der Waals surface area contributed by atoms with Gasteiger partial charge in [-0.05, 0) is 57.1 Å². The van der Waals surface area contributed by atoms with Crippen LogP contribution in [0.1, 0.15) is 36.1 Å². The summed E-state index contributed by atoms with van der Waals surface area (Å²) in [6.07, 6.45) is 4.52. The van der Waals surface area contributed by atoms with Crippen molar-refractivity contribution in [3.05, 3.63) is 53.5 Å². The lowest BCUT2D eigenvalue weighted by atomic mass is 9.88. The molecule has 2 aromatic rings. The maximum Gasteiger partial charge on any atom is 0.246 e. The number of hydrogen-bond acceptors (Lipinski definition) is 8. The van der Waals surface area contributed by atoms with Crippen LogP contribution in [-0.2, 0) is 28.9 Å². The van der Waals surface area contributed by atoms with Crippen LogP contribution in [0.15, 0.2) is 30.9 Å². The number of amides is 2. The number of nitriles is 1. The minimum Gasteiger partial charge on any atom is -0.352 e. The number of halogens is 1. The van der Waals surface area contributed by atoms with Gasteiger partial charge in [-0.25, -0.2) is 9.37 Å². The Balaban J connectivity index is 1.34. The van der Waals surface area contributed by atoms with E-state index in [2.05, 4.69) is 41.4 Å². The van der Waals surface area contributed by atoms with Gasteiger partial charge in [0.15, 0.2) is 0 Å². The summed E-state index contributed by atoms with van der Waals surface area (Å²) in [7, 11) is 4.14. The molecule has 3 aliphatic heterocycles. The third kappa shape index (κ3) is 5.09. The van der Waals surface area contributed by atoms with Crippen LogP contribution in [0.25, 0.3) is 0 Å². The zero-order valence-electron chi connectivity index (χ0n) is 24.3. The van der Waals surface area contributed by atoms with E-state index in [1.165, 1.54) is 18.2 Å². The Morgan fingerprint density at radius 1 is 1.17 bits per heavy atom. The van der Waals surface area contributed by atoms with Crippen molar-refractivity contribution in [2.75, 3.05) is 61.5 Å². The number of carbonyl (C=O) groups is 2. The number of hydrogen-bond donors (Lipinski definition) is 0. The molecule has 2 unspecified atom stereocenters. The quantitative estimate of drug-likeness (QED) is 0.487. The lowest BCUT2D eigenvalue weighted by Crippen LogP contribution is -2.58. The van der Waals surface area contributed by atoms with Crippen LogP contribution in [0, 0.1) is 17.1 Å². The van der Waals surface area contributed by atoms with Gasteiger partial charge in [0.1, 0.15) is 11.6 Å². The van der Waals surface area contributed by atoms with Gasteiger partial charge in [0.05, 0.1) is 29.9 Å². The summed E-state index contributed by atoms with van der Waals surface area (Å²) in [6.45, 7) is 6.85. The fourth-order valence-electron chi connectivity index (χ4n) is 6.74. The van der Waals surface area contributed by atoms with E-state index < -0.39 is 0 Å². The number of likely N-dealkylation sites (N-methyl/N-ethyl adjacent to an activating group) is 1. The molecule has 2 saturated heterocycles. The highest BCUT2D eigenvalue weighted by molar-refractivity contribution is 5.97. The van der Waals surface area contributed by atoms with Crippen molar-refractivity contribution in [3.8, 4) is 6.07 Å². The first kappa shape index (κ1) is 28.1. The Morgan fingerprint density at radius 2 is 1.98 bits per heavy atom. The molecule has 11 heteroatoms. The number of aromatic nitrogens is 2. The lowest BCUT2D eigenvalue weighted by molar-refractivity contribution is -0.128. The summed E-state index contributed by atoms with van der Waals surface area (Å²) < 4.78 is 14.3. The van der Waals surface area contributed by atoms with E-state index in [9.17, 15) is 19.2 Å². The van der Waals surface area contributed by atoms with Crippen molar-refractivity contribution in [2.45, 2.75) is 56.7 Å². The smallest absolute Gasteiger partial charge is 0.246 e. The SMILES string of the molecule is C=CC(=O)N1CCN(c2nc(N3CC(N(C)C)C3)nc3c2CCC(N2C(=O)CCc4ccc(F)cc42)C3)CC1CC#N. The Labute approximate surface area is 246 Å². The van der Waals surface area contributed by atoms with E-state index in [1.54, 1.807) is 15.9 Å². The maximum atomic E-state index is 14.3. The highest BCUT2D eigenvalue weighted by Crippen LogP contribution is 2.38. The van der Waals surface area contributed by atoms with Gasteiger partial charge in [-0.1, -0.05) is 12.6 Å². The largest absolute Gasteiger partial charge is 0.352 e. The van der Waals surface area contributed by atoms with Gasteiger partial charge < -0.3 is 24.5 Å². The summed E-state index contributed by atoms with van der Waals surface area (Å²) in [5, 5.41) is 9.50. The molecule has 1 aliphatic carbocycles. The first-order valence-electron chi connectivity index (χ1n) is 14.7. The summed E-state index contributed by atoms with van der Waals surface area (Å²) >= 11 is 0. The normalized spacial score (nSPS) is 22.4. The van der Waals surface area contributed by atoms with Gasteiger partial charge >= 0.3 is 0 Å². The second-order valence-electron chi connectivity index (χ2n) is 11.9. The third-order valence-corrected chi connectivity index (χ3v) is 9.21. The van der Waals surface area contributed by atoms with Crippen LogP contribution >= 0.6 is 0 Å². The first-order chi connectivity index (χ1) is 20.3. The molecule has 0 bridgehead atoms. The maximum absolute atomic E-state index is 14.3. The van der Waals surface area contributed by atoms with E-state index in [0.29, 0.717) is 69.4 Å². The Morgan fingerprint density at radius 3 is 2.71 bits per heavy atom. The molecule has 4 heterocycles. The molecule has 220 valence electrons. The minimum atomic E-state index is -0.342. The van der Waals surface area contributed by atoms with Crippen LogP contribution in [-0.4, -0.2) is 96.5 Å². The summed E-state index contributed by atoms with van der Waals surface area (Å²) in [5.41, 5.74) is 3.64. The van der Waals surface area contributed by atoms with Gasteiger partial charge in [-0.2, -0.15) is 10.2 Å². The molecule has 0 saturated carbocycles. The number of rotatable bonds is 6. The van der Waals surface area contributed by atoms with Crippen molar-refractivity contribution < 1.29 is 14.0 Å². The van der Waals surface area contributed by atoms with Crippen molar-refractivity contribution in [3.63, 3.8) is 0 Å². The highest BCUT2D eigenvalue weighted by atomic mass is 19.1. The minimum absolute atomic E-state index is 0.0231. The monoisotopic (exact) mass is 572 g/mol. The van der Waals surface area contributed by atoms with Gasteiger partial charge in [0.2, 0.25) is 17.8 Å². The number of carbonyl (C=O) groups excluding carboxylic acids is 2. The average molecular weight is 573 g/mol. The molecule has 42 heavy (non-hydrogen) atoms. The zero-order valence-corrected chi connectivity index (χ0v) is 24.3. The van der Waals surface area contributed by atoms with Gasteiger partial charge in [-0.15, -0.1) is 0 Å². The van der Waals surface area contributed by atoms with E-state index >= 15 is 0 Å². The zero-order chi connectivity index (χ0) is 29.5. The molecule has 6 rings (SSSR count). The molecule has 1 aromatic carbocycles. The van der Waals surface area contributed by atoms with Crippen LogP contribution in [0.5, 0.6) is 0 Å². The standard InChI is InChI=1S/C31H37FN8O2/c1-4-28(41)39-14-13-37(17-23(39)11-12-33)30-25-9-8-22(40-27-15-21(32)7-5-20(27)6-10-29(40)42)16-26(25)34-31(35-30)38-18-24(19-38)36(2)3/h4-5,7,15,22-24H,1,6,8-11,13-14,16-19H2,2-3H3. The van der Waals surface area contributed by atoms with E-state index in [-0.39, 0.29) is 36.1 Å². The molecule has 1 aromatic heterocycles. The molecule has 0 N–H and O–H groups in total. The predicted octanol–water partition coefficient (Wildman–Crippen LogP) is 2.32. The summed E-state index contributed by atoms with van der Waals surface area (Å²) in [6, 6.07) is 7.01. The predicted molar refractivity (Wildman–Crippen MR) is 158 cm³/mol. The Kier molecular flexibility index (Phi) is 7.58. The van der Waals surface area contributed by atoms with Crippen LogP contribution < -0.4 is 14.7 Å². The topological polar surface area (TPSA) is 99.9 Å². The van der Waals surface area contributed by atoms with Gasteiger partial charge in [0.25, 0.3) is 0 Å². The van der Waals surface area contributed by atoms with Gasteiger partial charge in [-0.3, -0.25) is 9.59 Å². The number of aryl methyl sites for hydroxylation is 1. The number of anilines is 3. The summed E-state index contributed by atoms with van der Waals surface area (Å²) in [5.74, 6) is 1.04. The van der Waals surface area contributed by atoms with E-state index in [0.717, 1.165) is 35.7 Å². The molecular formula is C31H37FN8O2. The van der Waals surface area contributed by atoms with Crippen LogP contribution in [0.3, 0.4) is 0 Å². The second kappa shape index (κ2) is 11.3. The fraction of sp³-hybridized carbons (Fsp3) is 0.516. The molecule has 2 fully saturated rings. The second-order valence-corrected chi connectivity index (χ2v) is 11.9. The van der Waals surface area contributed by atoms with Crippen molar-refractivity contribution in [2.24, 2.45) is 0 Å². The lowest BCUT2D eigenvalue weighted by Gasteiger charge is -2.45. The highest BCUT2D eigenvalue weighted by Gasteiger charge is 2.38. The van der Waals surface area contributed by atoms with Crippen molar-refractivity contribution in [1.82, 2.24) is 19.8 Å². The van der Waals surface area contributed by atoms with E-state index in [4.69, 9.17) is 9.97 Å². The Hall–Kier alpha value is -4.04. The van der Waals surface area contributed by atoms with E-state index in [1.807, 2.05) is 0 Å². The molecule has 4 aliphatic rings. The van der Waals surface area contributed by atoms with Crippen molar-refractivity contribution in [1.29, 1.82) is 5.26 Å². The molecule has 0 radical (unpaired) electrons. The van der Waals surface area contributed by atoms with Gasteiger partial charge in [0, 0.05) is 63.2 Å². The molecule has 2 atom stereocenters. The molecule has 0 spiro atoms. The number of piperazine rings is 1. The third-order valence-electron chi connectivity index (χ3n) is 9.21. The number of nitrogens with zero attached hydrogens (tertiary/aromatic N) is 8. The first-order valence-corrected chi connectivity index (χ1v) is 14.7. The molecule has 10 nitrogen and oxygen atoms in total. The average Bonchev–Trinajstić information content (AvgIpc) is 2.95. The fourth-order valence-corrected chi connectivity index (χ4v) is 6.74.